The number of nitrogens with zero attached hydrogens (tertiary/aromatic N) is 5. The van der Waals surface area contributed by atoms with Crippen molar-refractivity contribution in [3.05, 3.63) is 42.0 Å². The summed E-state index contributed by atoms with van der Waals surface area (Å²) >= 11 is 0. The van der Waals surface area contributed by atoms with E-state index >= 15 is 0 Å². The topological polar surface area (TPSA) is 92.8 Å². The quantitative estimate of drug-likeness (QED) is 0.787. The number of aromatic nitrogens is 5. The first-order valence-corrected chi connectivity index (χ1v) is 8.58. The zero-order valence-corrected chi connectivity index (χ0v) is 13.6. The third kappa shape index (κ3) is 2.63. The average Bonchev–Trinajstić information content (AvgIpc) is 3.16. The van der Waals surface area contributed by atoms with Crippen LogP contribution in [0, 0.1) is 0 Å². The predicted molar refractivity (Wildman–Crippen MR) is 87.8 cm³/mol. The molecule has 5 rings (SSSR count). The van der Waals surface area contributed by atoms with Gasteiger partial charge in [0.15, 0.2) is 11.5 Å². The van der Waals surface area contributed by atoms with Gasteiger partial charge in [0.25, 0.3) is 5.91 Å². The minimum absolute atomic E-state index is 0.0703. The first kappa shape index (κ1) is 14.4. The SMILES string of the molecule is O=C(c1cc(-c2ccco2)[nH]n1)N1CCC(n2cc(C3CC3)nn2)C1. The van der Waals surface area contributed by atoms with Gasteiger partial charge in [-0.15, -0.1) is 5.10 Å². The molecule has 1 aliphatic carbocycles. The molecule has 8 nitrogen and oxygen atoms in total. The first-order valence-electron chi connectivity index (χ1n) is 8.58. The van der Waals surface area contributed by atoms with E-state index < -0.39 is 0 Å². The zero-order valence-electron chi connectivity index (χ0n) is 13.6. The van der Waals surface area contributed by atoms with E-state index in [0.717, 1.165) is 12.1 Å². The smallest absolute Gasteiger partial charge is 0.274 e. The molecule has 4 heterocycles. The highest BCUT2D eigenvalue weighted by Gasteiger charge is 2.32. The van der Waals surface area contributed by atoms with E-state index in [0.29, 0.717) is 36.2 Å². The van der Waals surface area contributed by atoms with Gasteiger partial charge in [-0.2, -0.15) is 5.10 Å². The monoisotopic (exact) mass is 338 g/mol. The van der Waals surface area contributed by atoms with Gasteiger partial charge < -0.3 is 9.32 Å². The van der Waals surface area contributed by atoms with Crippen molar-refractivity contribution < 1.29 is 9.21 Å². The van der Waals surface area contributed by atoms with E-state index in [1.165, 1.54) is 12.8 Å². The first-order chi connectivity index (χ1) is 12.3. The van der Waals surface area contributed by atoms with Gasteiger partial charge in [0.05, 0.1) is 18.0 Å². The third-order valence-corrected chi connectivity index (χ3v) is 4.93. The predicted octanol–water partition coefficient (Wildman–Crippen LogP) is 2.23. The molecule has 1 saturated heterocycles. The van der Waals surface area contributed by atoms with Crippen LogP contribution < -0.4 is 0 Å². The molecule has 1 amide bonds. The van der Waals surface area contributed by atoms with Crippen LogP contribution in [-0.4, -0.2) is 49.1 Å². The maximum atomic E-state index is 12.7. The Bertz CT molecular complexity index is 892. The van der Waals surface area contributed by atoms with Crippen molar-refractivity contribution in [1.82, 2.24) is 30.1 Å². The molecule has 0 radical (unpaired) electrons. The van der Waals surface area contributed by atoms with Gasteiger partial charge in [0.1, 0.15) is 5.69 Å². The largest absolute Gasteiger partial charge is 0.463 e. The fourth-order valence-electron chi connectivity index (χ4n) is 3.33. The molecule has 2 fully saturated rings. The number of H-pyrrole nitrogens is 1. The molecule has 1 N–H and O–H groups in total. The lowest BCUT2D eigenvalue weighted by Gasteiger charge is -2.14. The van der Waals surface area contributed by atoms with Crippen LogP contribution in [0.25, 0.3) is 11.5 Å². The van der Waals surface area contributed by atoms with Crippen LogP contribution in [0.4, 0.5) is 0 Å². The van der Waals surface area contributed by atoms with Crippen molar-refractivity contribution >= 4 is 5.91 Å². The third-order valence-electron chi connectivity index (χ3n) is 4.93. The fraction of sp³-hybridized carbons (Fsp3) is 0.412. The summed E-state index contributed by atoms with van der Waals surface area (Å²) in [4.78, 5) is 14.5. The number of carbonyl (C=O) groups excluding carboxylic acids is 1. The van der Waals surface area contributed by atoms with E-state index in [-0.39, 0.29) is 11.9 Å². The van der Waals surface area contributed by atoms with E-state index in [2.05, 4.69) is 20.5 Å². The number of amides is 1. The summed E-state index contributed by atoms with van der Waals surface area (Å²) in [7, 11) is 0. The van der Waals surface area contributed by atoms with Crippen LogP contribution in [0.15, 0.2) is 35.1 Å². The lowest BCUT2D eigenvalue weighted by Crippen LogP contribution is -2.29. The highest BCUT2D eigenvalue weighted by molar-refractivity contribution is 5.93. The number of aromatic amines is 1. The van der Waals surface area contributed by atoms with E-state index in [1.807, 2.05) is 21.8 Å². The minimum Gasteiger partial charge on any atom is -0.463 e. The summed E-state index contributed by atoms with van der Waals surface area (Å²) in [6, 6.07) is 5.55. The van der Waals surface area contributed by atoms with Crippen LogP contribution in [0.1, 0.15) is 47.4 Å². The Morgan fingerprint density at radius 3 is 3.04 bits per heavy atom. The maximum Gasteiger partial charge on any atom is 0.274 e. The summed E-state index contributed by atoms with van der Waals surface area (Å²) in [5, 5.41) is 15.5. The van der Waals surface area contributed by atoms with Gasteiger partial charge in [0, 0.05) is 31.3 Å². The highest BCUT2D eigenvalue weighted by atomic mass is 16.3. The van der Waals surface area contributed by atoms with Gasteiger partial charge in [-0.25, -0.2) is 4.68 Å². The molecule has 1 saturated carbocycles. The van der Waals surface area contributed by atoms with Crippen molar-refractivity contribution in [1.29, 1.82) is 0 Å². The van der Waals surface area contributed by atoms with Crippen LogP contribution in [0.5, 0.6) is 0 Å². The molecule has 1 unspecified atom stereocenters. The molecule has 25 heavy (non-hydrogen) atoms. The normalized spacial score (nSPS) is 20.3. The minimum atomic E-state index is -0.0703. The lowest BCUT2D eigenvalue weighted by molar-refractivity contribution is 0.0781. The van der Waals surface area contributed by atoms with Crippen molar-refractivity contribution in [2.75, 3.05) is 13.1 Å². The molecular formula is C17H18N6O2. The molecule has 3 aromatic rings. The standard InChI is InChI=1S/C17H18N6O2/c24-17(14-8-13(18-19-14)16-2-1-7-25-16)22-6-5-12(9-22)23-10-15(20-21-23)11-3-4-11/h1-2,7-8,10-12H,3-6,9H2,(H,18,19). The molecular weight excluding hydrogens is 320 g/mol. The Morgan fingerprint density at radius 2 is 2.24 bits per heavy atom. The number of furan rings is 1. The summed E-state index contributed by atoms with van der Waals surface area (Å²) in [5.74, 6) is 1.19. The van der Waals surface area contributed by atoms with E-state index in [9.17, 15) is 4.79 Å². The van der Waals surface area contributed by atoms with Crippen LogP contribution in [0.3, 0.4) is 0 Å². The van der Waals surface area contributed by atoms with E-state index in [4.69, 9.17) is 4.42 Å². The second kappa shape index (κ2) is 5.58. The van der Waals surface area contributed by atoms with Crippen molar-refractivity contribution in [3.63, 3.8) is 0 Å². The van der Waals surface area contributed by atoms with Crippen molar-refractivity contribution in [3.8, 4) is 11.5 Å². The molecule has 0 bridgehead atoms. The molecule has 3 aromatic heterocycles. The van der Waals surface area contributed by atoms with Gasteiger partial charge >= 0.3 is 0 Å². The second-order valence-electron chi connectivity index (χ2n) is 6.74. The lowest BCUT2D eigenvalue weighted by atomic mass is 10.2. The Kier molecular flexibility index (Phi) is 3.22. The molecule has 0 spiro atoms. The zero-order chi connectivity index (χ0) is 16.8. The Labute approximate surface area is 143 Å². The number of hydrogen-bond donors (Lipinski definition) is 1. The molecule has 2 aliphatic rings. The molecule has 0 aromatic carbocycles. The summed E-state index contributed by atoms with van der Waals surface area (Å²) < 4.78 is 7.24. The fourth-order valence-corrected chi connectivity index (χ4v) is 3.33. The average molecular weight is 338 g/mol. The molecule has 128 valence electrons. The van der Waals surface area contributed by atoms with Gasteiger partial charge in [-0.3, -0.25) is 9.89 Å². The number of likely N-dealkylation sites (tertiary alicyclic amines) is 1. The van der Waals surface area contributed by atoms with Gasteiger partial charge in [-0.05, 0) is 31.4 Å². The maximum absolute atomic E-state index is 12.7. The second-order valence-corrected chi connectivity index (χ2v) is 6.74. The number of rotatable bonds is 4. The summed E-state index contributed by atoms with van der Waals surface area (Å²) in [6.45, 7) is 1.33. The number of carbonyl (C=O) groups is 1. The molecule has 1 atom stereocenters. The Balaban J connectivity index is 1.28. The van der Waals surface area contributed by atoms with E-state index in [1.54, 1.807) is 18.4 Å². The number of nitrogens with one attached hydrogen (secondary N) is 1. The molecule has 1 aliphatic heterocycles. The highest BCUT2D eigenvalue weighted by Crippen LogP contribution is 2.39. The van der Waals surface area contributed by atoms with Crippen LogP contribution in [-0.2, 0) is 0 Å². The van der Waals surface area contributed by atoms with Crippen molar-refractivity contribution in [2.45, 2.75) is 31.2 Å². The van der Waals surface area contributed by atoms with Crippen molar-refractivity contribution in [2.24, 2.45) is 0 Å². The Morgan fingerprint density at radius 1 is 1.32 bits per heavy atom. The Hall–Kier alpha value is -2.90. The van der Waals surface area contributed by atoms with Crippen LogP contribution >= 0.6 is 0 Å². The van der Waals surface area contributed by atoms with Gasteiger partial charge in [-0.1, -0.05) is 5.21 Å². The van der Waals surface area contributed by atoms with Crippen LogP contribution in [0.2, 0.25) is 0 Å². The van der Waals surface area contributed by atoms with Gasteiger partial charge in [0.2, 0.25) is 0 Å². The molecule has 8 heteroatoms. The number of hydrogen-bond acceptors (Lipinski definition) is 5. The summed E-state index contributed by atoms with van der Waals surface area (Å²) in [5.41, 5.74) is 2.19. The summed E-state index contributed by atoms with van der Waals surface area (Å²) in [6.07, 6.45) is 6.95.